The Bertz CT molecular complexity index is 1440. The molecule has 8 nitrogen and oxygen atoms in total. The summed E-state index contributed by atoms with van der Waals surface area (Å²) in [5.41, 5.74) is 0.105. The van der Waals surface area contributed by atoms with Crippen molar-refractivity contribution in [1.29, 1.82) is 0 Å². The third-order valence-electron chi connectivity index (χ3n) is 6.04. The molecule has 33 heavy (non-hydrogen) atoms. The standard InChI is InChI=1S/C24H22N2O6S/c1-24-19(22(28)31-4)20(14-7-5-6-8-15(14)32-24)26-21(27)18(33-23(26)25-24)12-13-9-10-16(29-2)17(11-13)30-3/h5-12,19-20H,1-4H3/b18-12-/t19?,20?,24-/m1/s1. The van der Waals surface area contributed by atoms with Crippen LogP contribution in [0, 0.1) is 5.92 Å². The van der Waals surface area contributed by atoms with Crippen LogP contribution in [0.15, 0.2) is 52.3 Å². The van der Waals surface area contributed by atoms with Gasteiger partial charge in [-0.05, 0) is 36.8 Å². The quantitative estimate of drug-likeness (QED) is 0.546. The second-order valence-corrected chi connectivity index (χ2v) is 8.94. The zero-order chi connectivity index (χ0) is 23.3. The molecule has 0 amide bonds. The minimum atomic E-state index is -1.19. The van der Waals surface area contributed by atoms with Crippen molar-refractivity contribution in [2.75, 3.05) is 21.3 Å². The SMILES string of the molecule is COC(=O)C1C2c3ccccc3O[C@@]1(C)N=c1s/c(=C\c3ccc(OC)c(OC)c3)c(=O)n12. The van der Waals surface area contributed by atoms with E-state index in [1.807, 2.05) is 30.3 Å². The molecule has 2 bridgehead atoms. The maximum atomic E-state index is 13.6. The molecule has 3 atom stereocenters. The van der Waals surface area contributed by atoms with Crippen molar-refractivity contribution >= 4 is 23.4 Å². The van der Waals surface area contributed by atoms with Crippen molar-refractivity contribution < 1.29 is 23.7 Å². The Labute approximate surface area is 193 Å². The highest BCUT2D eigenvalue weighted by Gasteiger charge is 2.55. The van der Waals surface area contributed by atoms with Gasteiger partial charge in [0.1, 0.15) is 11.7 Å². The maximum Gasteiger partial charge on any atom is 0.317 e. The predicted molar refractivity (Wildman–Crippen MR) is 122 cm³/mol. The Hall–Kier alpha value is -3.59. The Balaban J connectivity index is 1.74. The van der Waals surface area contributed by atoms with Gasteiger partial charge in [0.15, 0.2) is 16.3 Å². The summed E-state index contributed by atoms with van der Waals surface area (Å²) < 4.78 is 24.0. The van der Waals surface area contributed by atoms with Gasteiger partial charge in [0.2, 0.25) is 5.72 Å². The van der Waals surface area contributed by atoms with Gasteiger partial charge in [-0.1, -0.05) is 35.6 Å². The third-order valence-corrected chi connectivity index (χ3v) is 7.02. The summed E-state index contributed by atoms with van der Waals surface area (Å²) in [6.07, 6.45) is 1.78. The smallest absolute Gasteiger partial charge is 0.317 e. The van der Waals surface area contributed by atoms with Gasteiger partial charge >= 0.3 is 5.97 Å². The number of hydrogen-bond acceptors (Lipinski definition) is 8. The lowest BCUT2D eigenvalue weighted by molar-refractivity contribution is -0.158. The van der Waals surface area contributed by atoms with Gasteiger partial charge < -0.3 is 18.9 Å². The van der Waals surface area contributed by atoms with E-state index in [2.05, 4.69) is 0 Å². The molecule has 3 heterocycles. The summed E-state index contributed by atoms with van der Waals surface area (Å²) in [5, 5.41) is 0. The number of nitrogens with zero attached hydrogens (tertiary/aromatic N) is 2. The molecule has 1 aromatic heterocycles. The second-order valence-electron chi connectivity index (χ2n) is 7.93. The molecule has 2 aromatic carbocycles. The molecule has 3 aromatic rings. The molecule has 0 saturated heterocycles. The van der Waals surface area contributed by atoms with Gasteiger partial charge in [-0.25, -0.2) is 4.99 Å². The van der Waals surface area contributed by atoms with Crippen LogP contribution < -0.4 is 29.1 Å². The molecule has 5 rings (SSSR count). The van der Waals surface area contributed by atoms with Crippen LogP contribution in [0.2, 0.25) is 0 Å². The minimum Gasteiger partial charge on any atom is -0.493 e. The number of methoxy groups -OCH3 is 3. The molecular weight excluding hydrogens is 444 g/mol. The summed E-state index contributed by atoms with van der Waals surface area (Å²) in [6, 6.07) is 12.2. The first kappa shape index (κ1) is 21.3. The van der Waals surface area contributed by atoms with Gasteiger partial charge in [0, 0.05) is 5.56 Å². The molecule has 2 aliphatic rings. The second kappa shape index (κ2) is 7.77. The number of ether oxygens (including phenoxy) is 4. The summed E-state index contributed by atoms with van der Waals surface area (Å²) in [7, 11) is 4.46. The Morgan fingerprint density at radius 3 is 2.64 bits per heavy atom. The van der Waals surface area contributed by atoms with E-state index in [0.29, 0.717) is 26.6 Å². The number of rotatable bonds is 4. The molecule has 2 unspecified atom stereocenters. The number of benzene rings is 2. The van der Waals surface area contributed by atoms with Crippen LogP contribution >= 0.6 is 11.3 Å². The number of carbonyl (C=O) groups is 1. The van der Waals surface area contributed by atoms with Gasteiger partial charge in [-0.3, -0.25) is 14.2 Å². The first-order valence-corrected chi connectivity index (χ1v) is 11.1. The maximum absolute atomic E-state index is 13.6. The first-order chi connectivity index (χ1) is 15.9. The van der Waals surface area contributed by atoms with Gasteiger partial charge in [0.05, 0.1) is 31.9 Å². The Kier molecular flexibility index (Phi) is 5.01. The van der Waals surface area contributed by atoms with Crippen molar-refractivity contribution in [3.63, 3.8) is 0 Å². The minimum absolute atomic E-state index is 0.230. The molecule has 0 fully saturated rings. The zero-order valence-electron chi connectivity index (χ0n) is 18.5. The van der Waals surface area contributed by atoms with Crippen LogP contribution in [0.25, 0.3) is 6.08 Å². The molecule has 9 heteroatoms. The molecule has 0 saturated carbocycles. The molecule has 2 aliphatic heterocycles. The average Bonchev–Trinajstić information content (AvgIpc) is 3.11. The molecule has 0 aliphatic carbocycles. The number of fused-ring (bicyclic) bond motifs is 6. The van der Waals surface area contributed by atoms with E-state index < -0.39 is 23.7 Å². The van der Waals surface area contributed by atoms with Crippen molar-refractivity contribution in [1.82, 2.24) is 4.57 Å². The molecule has 0 N–H and O–H groups in total. The zero-order valence-corrected chi connectivity index (χ0v) is 19.3. The van der Waals surface area contributed by atoms with Crippen LogP contribution in [-0.2, 0) is 9.53 Å². The Morgan fingerprint density at radius 1 is 1.15 bits per heavy atom. The summed E-state index contributed by atoms with van der Waals surface area (Å²) in [5.74, 6) is 0.487. The highest BCUT2D eigenvalue weighted by molar-refractivity contribution is 7.07. The average molecular weight is 467 g/mol. The van der Waals surface area contributed by atoms with Crippen LogP contribution in [0.4, 0.5) is 0 Å². The van der Waals surface area contributed by atoms with Crippen molar-refractivity contribution in [2.45, 2.75) is 18.7 Å². The number of thiazole rings is 1. The van der Waals surface area contributed by atoms with Gasteiger partial charge in [-0.2, -0.15) is 0 Å². The van der Waals surface area contributed by atoms with E-state index in [1.165, 1.54) is 18.4 Å². The normalized spacial score (nSPS) is 23.0. The van der Waals surface area contributed by atoms with E-state index in [-0.39, 0.29) is 5.56 Å². The fourth-order valence-corrected chi connectivity index (χ4v) is 5.62. The third kappa shape index (κ3) is 3.22. The molecule has 170 valence electrons. The van der Waals surface area contributed by atoms with E-state index >= 15 is 0 Å². The number of hydrogen-bond donors (Lipinski definition) is 0. The van der Waals surface area contributed by atoms with Crippen molar-refractivity contribution in [3.8, 4) is 17.2 Å². The number of carbonyl (C=O) groups excluding carboxylic acids is 1. The Morgan fingerprint density at radius 2 is 1.91 bits per heavy atom. The lowest BCUT2D eigenvalue weighted by Gasteiger charge is -2.44. The van der Waals surface area contributed by atoms with E-state index in [9.17, 15) is 9.59 Å². The van der Waals surface area contributed by atoms with Crippen LogP contribution in [0.1, 0.15) is 24.1 Å². The summed E-state index contributed by atoms with van der Waals surface area (Å²) in [4.78, 5) is 31.7. The fraction of sp³-hybridized carbons (Fsp3) is 0.292. The fourth-order valence-electron chi connectivity index (χ4n) is 4.53. The van der Waals surface area contributed by atoms with E-state index in [1.54, 1.807) is 43.9 Å². The topological polar surface area (TPSA) is 88.4 Å². The molecular formula is C24H22N2O6S. The highest BCUT2D eigenvalue weighted by Crippen LogP contribution is 2.47. The first-order valence-electron chi connectivity index (χ1n) is 10.3. The monoisotopic (exact) mass is 466 g/mol. The van der Waals surface area contributed by atoms with Crippen LogP contribution in [0.5, 0.6) is 17.2 Å². The summed E-state index contributed by atoms with van der Waals surface area (Å²) >= 11 is 1.26. The van der Waals surface area contributed by atoms with Crippen LogP contribution in [0.3, 0.4) is 0 Å². The van der Waals surface area contributed by atoms with Gasteiger partial charge in [0.25, 0.3) is 5.56 Å². The molecule has 0 radical (unpaired) electrons. The number of esters is 1. The lowest BCUT2D eigenvalue weighted by Crippen LogP contribution is -2.58. The van der Waals surface area contributed by atoms with E-state index in [4.69, 9.17) is 23.9 Å². The lowest BCUT2D eigenvalue weighted by atomic mass is 9.81. The van der Waals surface area contributed by atoms with Gasteiger partial charge in [-0.15, -0.1) is 0 Å². The predicted octanol–water partition coefficient (Wildman–Crippen LogP) is 1.88. The summed E-state index contributed by atoms with van der Waals surface area (Å²) in [6.45, 7) is 1.75. The molecule has 0 spiro atoms. The van der Waals surface area contributed by atoms with Crippen molar-refractivity contribution in [3.05, 3.63) is 73.3 Å². The largest absolute Gasteiger partial charge is 0.493 e. The van der Waals surface area contributed by atoms with E-state index in [0.717, 1.165) is 11.1 Å². The van der Waals surface area contributed by atoms with Crippen LogP contribution in [-0.4, -0.2) is 37.6 Å². The highest BCUT2D eigenvalue weighted by atomic mass is 32.1. The number of aromatic nitrogens is 1. The number of para-hydroxylation sites is 1. The van der Waals surface area contributed by atoms with Crippen molar-refractivity contribution in [2.24, 2.45) is 10.9 Å².